The molecular formula is C14H14ClN3O. The third-order valence-electron chi connectivity index (χ3n) is 3.02. The van der Waals surface area contributed by atoms with Crippen LogP contribution in [-0.2, 0) is 0 Å². The number of nitrogens with zero attached hydrogens (tertiary/aromatic N) is 3. The van der Waals surface area contributed by atoms with Gasteiger partial charge in [-0.25, -0.2) is 9.97 Å². The molecule has 1 aromatic heterocycles. The minimum Gasteiger partial charge on any atom is -0.337 e. The van der Waals surface area contributed by atoms with Gasteiger partial charge in [0.15, 0.2) is 6.29 Å². The molecule has 1 aromatic carbocycles. The number of carbonyl (C=O) groups excluding carboxylic acids is 1. The highest BCUT2D eigenvalue weighted by Crippen LogP contribution is 2.24. The lowest BCUT2D eigenvalue weighted by Gasteiger charge is -2.25. The molecular weight excluding hydrogens is 262 g/mol. The van der Waals surface area contributed by atoms with Crippen molar-refractivity contribution in [3.63, 3.8) is 0 Å². The summed E-state index contributed by atoms with van der Waals surface area (Å²) >= 11 is 5.99. The molecule has 2 aromatic rings. The Balaban J connectivity index is 2.22. The summed E-state index contributed by atoms with van der Waals surface area (Å²) in [6.07, 6.45) is 3.75. The number of aromatic nitrogens is 2. The van der Waals surface area contributed by atoms with Gasteiger partial charge in [0.1, 0.15) is 0 Å². The van der Waals surface area contributed by atoms with Gasteiger partial charge in [0.05, 0.1) is 11.6 Å². The summed E-state index contributed by atoms with van der Waals surface area (Å²) < 4.78 is 0. The van der Waals surface area contributed by atoms with E-state index in [2.05, 4.69) is 9.97 Å². The van der Waals surface area contributed by atoms with Crippen molar-refractivity contribution in [3.05, 3.63) is 52.8 Å². The highest BCUT2D eigenvalue weighted by atomic mass is 35.5. The minimum atomic E-state index is 0.0841. The van der Waals surface area contributed by atoms with Crippen LogP contribution in [0.4, 0.5) is 5.95 Å². The van der Waals surface area contributed by atoms with E-state index in [1.165, 1.54) is 12.4 Å². The quantitative estimate of drug-likeness (QED) is 0.804. The molecule has 0 saturated heterocycles. The molecule has 2 rings (SSSR count). The maximum absolute atomic E-state index is 10.6. The summed E-state index contributed by atoms with van der Waals surface area (Å²) in [6, 6.07) is 7.77. The number of anilines is 1. The lowest BCUT2D eigenvalue weighted by atomic mass is 10.1. The predicted molar refractivity (Wildman–Crippen MR) is 75.7 cm³/mol. The van der Waals surface area contributed by atoms with Crippen molar-refractivity contribution < 1.29 is 4.79 Å². The van der Waals surface area contributed by atoms with Crippen molar-refractivity contribution in [3.8, 4) is 0 Å². The molecule has 1 heterocycles. The molecule has 0 spiro atoms. The van der Waals surface area contributed by atoms with Crippen LogP contribution in [0.3, 0.4) is 0 Å². The summed E-state index contributed by atoms with van der Waals surface area (Å²) in [5.74, 6) is 0.568. The molecule has 0 aliphatic carbocycles. The minimum absolute atomic E-state index is 0.0841. The molecule has 5 heteroatoms. The first-order valence-electron chi connectivity index (χ1n) is 5.87. The van der Waals surface area contributed by atoms with Crippen LogP contribution in [0.15, 0.2) is 36.7 Å². The highest BCUT2D eigenvalue weighted by Gasteiger charge is 2.14. The Morgan fingerprint density at radius 1 is 1.32 bits per heavy atom. The molecule has 4 nitrogen and oxygen atoms in total. The molecule has 0 radical (unpaired) electrons. The molecule has 0 aliphatic heterocycles. The Bertz CT molecular complexity index is 571. The van der Waals surface area contributed by atoms with Gasteiger partial charge in [-0.15, -0.1) is 0 Å². The normalized spacial score (nSPS) is 11.9. The molecule has 0 amide bonds. The second-order valence-electron chi connectivity index (χ2n) is 4.28. The molecule has 0 saturated carbocycles. The van der Waals surface area contributed by atoms with E-state index in [9.17, 15) is 4.79 Å². The number of rotatable bonds is 4. The molecule has 0 bridgehead atoms. The number of carbonyl (C=O) groups is 1. The number of halogens is 1. The van der Waals surface area contributed by atoms with Gasteiger partial charge < -0.3 is 4.90 Å². The summed E-state index contributed by atoms with van der Waals surface area (Å²) in [4.78, 5) is 20.8. The van der Waals surface area contributed by atoms with Crippen LogP contribution < -0.4 is 4.90 Å². The van der Waals surface area contributed by atoms with E-state index in [-0.39, 0.29) is 6.04 Å². The first kappa shape index (κ1) is 13.5. The van der Waals surface area contributed by atoms with Gasteiger partial charge in [-0.3, -0.25) is 4.79 Å². The molecule has 0 fully saturated rings. The lowest BCUT2D eigenvalue weighted by molar-refractivity contribution is 0.112. The zero-order valence-corrected chi connectivity index (χ0v) is 11.5. The van der Waals surface area contributed by atoms with Crippen LogP contribution in [0.25, 0.3) is 0 Å². The maximum Gasteiger partial charge on any atom is 0.225 e. The standard InChI is InChI=1S/C14H14ClN3O/c1-10(12-4-3-5-13(15)6-12)18(2)14-16-7-11(9-19)8-17-14/h3-10H,1-2H3. The zero-order chi connectivity index (χ0) is 13.8. The number of aldehydes is 1. The third-order valence-corrected chi connectivity index (χ3v) is 3.26. The Kier molecular flexibility index (Phi) is 4.12. The van der Waals surface area contributed by atoms with Crippen LogP contribution in [0, 0.1) is 0 Å². The average Bonchev–Trinajstić information content (AvgIpc) is 2.46. The van der Waals surface area contributed by atoms with Crippen molar-refractivity contribution in [1.29, 1.82) is 0 Å². The molecule has 0 aliphatic rings. The van der Waals surface area contributed by atoms with Crippen LogP contribution >= 0.6 is 11.6 Å². The van der Waals surface area contributed by atoms with E-state index in [1.807, 2.05) is 43.1 Å². The highest BCUT2D eigenvalue weighted by molar-refractivity contribution is 6.30. The predicted octanol–water partition coefficient (Wildman–Crippen LogP) is 3.14. The van der Waals surface area contributed by atoms with Crippen LogP contribution in [0.2, 0.25) is 5.02 Å². The van der Waals surface area contributed by atoms with Gasteiger partial charge in [-0.1, -0.05) is 23.7 Å². The van der Waals surface area contributed by atoms with Crippen molar-refractivity contribution in [2.75, 3.05) is 11.9 Å². The fourth-order valence-electron chi connectivity index (χ4n) is 1.74. The van der Waals surface area contributed by atoms with Crippen molar-refractivity contribution in [2.24, 2.45) is 0 Å². The average molecular weight is 276 g/mol. The Morgan fingerprint density at radius 2 is 2.00 bits per heavy atom. The van der Waals surface area contributed by atoms with Crippen LogP contribution in [0.5, 0.6) is 0 Å². The van der Waals surface area contributed by atoms with E-state index in [0.29, 0.717) is 16.5 Å². The lowest BCUT2D eigenvalue weighted by Crippen LogP contribution is -2.23. The zero-order valence-electron chi connectivity index (χ0n) is 10.7. The van der Waals surface area contributed by atoms with E-state index >= 15 is 0 Å². The van der Waals surface area contributed by atoms with Gasteiger partial charge in [0.2, 0.25) is 5.95 Å². The molecule has 1 atom stereocenters. The van der Waals surface area contributed by atoms with E-state index in [1.54, 1.807) is 0 Å². The van der Waals surface area contributed by atoms with Gasteiger partial charge >= 0.3 is 0 Å². The largest absolute Gasteiger partial charge is 0.337 e. The van der Waals surface area contributed by atoms with Gasteiger partial charge in [0, 0.05) is 24.5 Å². The van der Waals surface area contributed by atoms with Gasteiger partial charge in [0.25, 0.3) is 0 Å². The fraction of sp³-hybridized carbons (Fsp3) is 0.214. The fourth-order valence-corrected chi connectivity index (χ4v) is 1.94. The summed E-state index contributed by atoms with van der Waals surface area (Å²) in [6.45, 7) is 2.04. The third kappa shape index (κ3) is 3.09. The first-order valence-corrected chi connectivity index (χ1v) is 6.25. The van der Waals surface area contributed by atoms with Crippen molar-refractivity contribution in [2.45, 2.75) is 13.0 Å². The SMILES string of the molecule is CC(c1cccc(Cl)c1)N(C)c1ncc(C=O)cn1. The second-order valence-corrected chi connectivity index (χ2v) is 4.71. The Morgan fingerprint density at radius 3 is 2.58 bits per heavy atom. The smallest absolute Gasteiger partial charge is 0.225 e. The topological polar surface area (TPSA) is 46.1 Å². The Hall–Kier alpha value is -1.94. The number of hydrogen-bond donors (Lipinski definition) is 0. The Labute approximate surface area is 117 Å². The molecule has 1 unspecified atom stereocenters. The van der Waals surface area contributed by atoms with Gasteiger partial charge in [-0.05, 0) is 24.6 Å². The second kappa shape index (κ2) is 5.80. The van der Waals surface area contributed by atoms with Crippen molar-refractivity contribution in [1.82, 2.24) is 9.97 Å². The summed E-state index contributed by atoms with van der Waals surface area (Å²) in [5, 5.41) is 0.704. The van der Waals surface area contributed by atoms with Crippen molar-refractivity contribution >= 4 is 23.8 Å². The maximum atomic E-state index is 10.6. The number of benzene rings is 1. The molecule has 98 valence electrons. The van der Waals surface area contributed by atoms with E-state index < -0.39 is 0 Å². The first-order chi connectivity index (χ1) is 9.11. The number of hydrogen-bond acceptors (Lipinski definition) is 4. The molecule has 0 N–H and O–H groups in total. The van der Waals surface area contributed by atoms with E-state index in [4.69, 9.17) is 11.6 Å². The van der Waals surface area contributed by atoms with E-state index in [0.717, 1.165) is 11.8 Å². The van der Waals surface area contributed by atoms with Crippen LogP contribution in [-0.4, -0.2) is 23.3 Å². The summed E-state index contributed by atoms with van der Waals surface area (Å²) in [7, 11) is 1.90. The monoisotopic (exact) mass is 275 g/mol. The van der Waals surface area contributed by atoms with Crippen LogP contribution in [0.1, 0.15) is 28.9 Å². The summed E-state index contributed by atoms with van der Waals surface area (Å²) in [5.41, 5.74) is 1.55. The molecule has 19 heavy (non-hydrogen) atoms. The van der Waals surface area contributed by atoms with Gasteiger partial charge in [-0.2, -0.15) is 0 Å².